The lowest BCUT2D eigenvalue weighted by atomic mass is 10.2. The van der Waals surface area contributed by atoms with E-state index in [0.717, 1.165) is 5.56 Å². The lowest BCUT2D eigenvalue weighted by molar-refractivity contribution is 0.0954. The normalized spacial score (nSPS) is 13.6. The van der Waals surface area contributed by atoms with Crippen molar-refractivity contribution in [1.82, 2.24) is 5.43 Å². The van der Waals surface area contributed by atoms with Gasteiger partial charge in [0.05, 0.1) is 5.71 Å². The molecule has 0 aliphatic carbocycles. The van der Waals surface area contributed by atoms with Crippen LogP contribution in [0.4, 0.5) is 0 Å². The minimum atomic E-state index is -0.300. The number of hydrazone groups is 1. The van der Waals surface area contributed by atoms with E-state index in [1.807, 2.05) is 61.6 Å². The average Bonchev–Trinajstić information content (AvgIpc) is 3.12. The molecule has 0 radical (unpaired) electrons. The summed E-state index contributed by atoms with van der Waals surface area (Å²) >= 11 is 0. The molecule has 1 amide bonds. The number of hydrogen-bond donors (Lipinski definition) is 1. The summed E-state index contributed by atoms with van der Waals surface area (Å²) in [5.41, 5.74) is 4.80. The van der Waals surface area contributed by atoms with Crippen LogP contribution < -0.4 is 14.9 Å². The van der Waals surface area contributed by atoms with Gasteiger partial charge in [-0.05, 0) is 36.8 Å². The van der Waals surface area contributed by atoms with Crippen molar-refractivity contribution in [2.24, 2.45) is 5.10 Å². The van der Waals surface area contributed by atoms with Crippen molar-refractivity contribution in [3.8, 4) is 11.5 Å². The van der Waals surface area contributed by atoms with E-state index >= 15 is 0 Å². The van der Waals surface area contributed by atoms with E-state index in [0.29, 0.717) is 22.8 Å². The second-order valence-electron chi connectivity index (χ2n) is 5.39. The van der Waals surface area contributed by atoms with Crippen LogP contribution in [-0.4, -0.2) is 18.4 Å². The molecule has 1 N–H and O–H groups in total. The van der Waals surface area contributed by atoms with Crippen LogP contribution in [0.25, 0.3) is 6.08 Å². The number of allylic oxidation sites excluding steroid dienone is 3. The van der Waals surface area contributed by atoms with Gasteiger partial charge in [0.2, 0.25) is 6.79 Å². The van der Waals surface area contributed by atoms with Gasteiger partial charge < -0.3 is 9.47 Å². The van der Waals surface area contributed by atoms with E-state index in [1.165, 1.54) is 0 Å². The summed E-state index contributed by atoms with van der Waals surface area (Å²) in [6.07, 6.45) is 7.61. The van der Waals surface area contributed by atoms with Crippen LogP contribution in [0.1, 0.15) is 22.8 Å². The molecule has 3 rings (SSSR count). The summed E-state index contributed by atoms with van der Waals surface area (Å²) in [5.74, 6) is 0.912. The number of carbonyl (C=O) groups excluding carboxylic acids is 1. The molecule has 0 bridgehead atoms. The standard InChI is InChI=1S/C20H18N2O3/c1-15(7-5-6-10-16-8-3-2-4-9-16)21-22-20(23)17-11-12-18-19(13-17)25-14-24-18/h2-13H,14H2,1H3,(H,22,23)/b7-5+,10-6+,21-15-. The highest BCUT2D eigenvalue weighted by molar-refractivity contribution is 5.98. The van der Waals surface area contributed by atoms with E-state index in [4.69, 9.17) is 9.47 Å². The Labute approximate surface area is 146 Å². The van der Waals surface area contributed by atoms with Gasteiger partial charge in [-0.25, -0.2) is 5.43 Å². The average molecular weight is 334 g/mol. The van der Waals surface area contributed by atoms with Crippen LogP contribution in [0.15, 0.2) is 71.9 Å². The summed E-state index contributed by atoms with van der Waals surface area (Å²) in [4.78, 5) is 12.1. The molecular formula is C20H18N2O3. The van der Waals surface area contributed by atoms with Gasteiger partial charge in [0.1, 0.15) is 0 Å². The van der Waals surface area contributed by atoms with Crippen LogP contribution in [0.2, 0.25) is 0 Å². The molecule has 5 heteroatoms. The van der Waals surface area contributed by atoms with E-state index < -0.39 is 0 Å². The fraction of sp³-hybridized carbons (Fsp3) is 0.100. The predicted octanol–water partition coefficient (Wildman–Crippen LogP) is 3.79. The minimum Gasteiger partial charge on any atom is -0.454 e. The van der Waals surface area contributed by atoms with Gasteiger partial charge in [0.25, 0.3) is 5.91 Å². The summed E-state index contributed by atoms with van der Waals surface area (Å²) < 4.78 is 10.5. The number of fused-ring (bicyclic) bond motifs is 1. The van der Waals surface area contributed by atoms with Gasteiger partial charge in [0.15, 0.2) is 11.5 Å². The molecule has 0 unspecified atom stereocenters. The molecule has 1 aliphatic rings. The van der Waals surface area contributed by atoms with Crippen molar-refractivity contribution in [2.75, 3.05) is 6.79 Å². The van der Waals surface area contributed by atoms with E-state index in [1.54, 1.807) is 18.2 Å². The van der Waals surface area contributed by atoms with Gasteiger partial charge in [-0.15, -0.1) is 0 Å². The Morgan fingerprint density at radius 3 is 2.72 bits per heavy atom. The Morgan fingerprint density at radius 1 is 1.08 bits per heavy atom. The number of rotatable bonds is 5. The lowest BCUT2D eigenvalue weighted by Gasteiger charge is -2.02. The summed E-state index contributed by atoms with van der Waals surface area (Å²) in [7, 11) is 0. The molecule has 1 aliphatic heterocycles. The molecule has 2 aromatic rings. The van der Waals surface area contributed by atoms with E-state index in [-0.39, 0.29) is 12.7 Å². The second-order valence-corrected chi connectivity index (χ2v) is 5.39. The first-order chi connectivity index (χ1) is 12.2. The number of carbonyl (C=O) groups is 1. The van der Waals surface area contributed by atoms with Crippen LogP contribution in [0.3, 0.4) is 0 Å². The molecule has 0 spiro atoms. The first-order valence-electron chi connectivity index (χ1n) is 7.86. The van der Waals surface area contributed by atoms with Gasteiger partial charge >= 0.3 is 0 Å². The highest BCUT2D eigenvalue weighted by Crippen LogP contribution is 2.32. The summed E-state index contributed by atoms with van der Waals surface area (Å²) in [6.45, 7) is 1.99. The third kappa shape index (κ3) is 4.57. The molecule has 0 atom stereocenters. The zero-order chi connectivity index (χ0) is 17.5. The fourth-order valence-electron chi connectivity index (χ4n) is 2.20. The van der Waals surface area contributed by atoms with E-state index in [2.05, 4.69) is 10.5 Å². The third-order valence-corrected chi connectivity index (χ3v) is 3.51. The Morgan fingerprint density at radius 2 is 1.88 bits per heavy atom. The fourth-order valence-corrected chi connectivity index (χ4v) is 2.20. The smallest absolute Gasteiger partial charge is 0.271 e. The molecule has 0 saturated heterocycles. The van der Waals surface area contributed by atoms with Crippen LogP contribution in [-0.2, 0) is 0 Å². The number of nitrogens with zero attached hydrogens (tertiary/aromatic N) is 1. The topological polar surface area (TPSA) is 59.9 Å². The Bertz CT molecular complexity index is 839. The highest BCUT2D eigenvalue weighted by atomic mass is 16.7. The molecular weight excluding hydrogens is 316 g/mol. The minimum absolute atomic E-state index is 0.180. The zero-order valence-corrected chi connectivity index (χ0v) is 13.8. The quantitative estimate of drug-likeness (QED) is 0.514. The van der Waals surface area contributed by atoms with Gasteiger partial charge in [-0.3, -0.25) is 4.79 Å². The monoisotopic (exact) mass is 334 g/mol. The number of amides is 1. The van der Waals surface area contributed by atoms with Crippen LogP contribution in [0.5, 0.6) is 11.5 Å². The molecule has 0 saturated carbocycles. The number of ether oxygens (including phenoxy) is 2. The van der Waals surface area contributed by atoms with Crippen molar-refractivity contribution in [1.29, 1.82) is 0 Å². The molecule has 1 heterocycles. The predicted molar refractivity (Wildman–Crippen MR) is 97.8 cm³/mol. The molecule has 5 nitrogen and oxygen atoms in total. The van der Waals surface area contributed by atoms with Crippen LogP contribution >= 0.6 is 0 Å². The molecule has 0 fully saturated rings. The van der Waals surface area contributed by atoms with Gasteiger partial charge in [-0.2, -0.15) is 5.10 Å². The van der Waals surface area contributed by atoms with Crippen molar-refractivity contribution in [3.63, 3.8) is 0 Å². The Balaban J connectivity index is 1.55. The Kier molecular flexibility index (Phi) is 5.26. The zero-order valence-electron chi connectivity index (χ0n) is 13.8. The SMILES string of the molecule is CC(/C=C/C=C/c1ccccc1)=N/NC(=O)c1ccc2c(c1)OCO2. The lowest BCUT2D eigenvalue weighted by Crippen LogP contribution is -2.18. The van der Waals surface area contributed by atoms with Gasteiger partial charge in [-0.1, -0.05) is 48.6 Å². The number of nitrogens with one attached hydrogen (secondary N) is 1. The first kappa shape index (κ1) is 16.5. The van der Waals surface area contributed by atoms with Crippen molar-refractivity contribution < 1.29 is 14.3 Å². The third-order valence-electron chi connectivity index (χ3n) is 3.51. The molecule has 25 heavy (non-hydrogen) atoms. The largest absolute Gasteiger partial charge is 0.454 e. The van der Waals surface area contributed by atoms with Gasteiger partial charge in [0, 0.05) is 5.56 Å². The second kappa shape index (κ2) is 7.97. The Hall–Kier alpha value is -3.34. The van der Waals surface area contributed by atoms with E-state index in [9.17, 15) is 4.79 Å². The summed E-state index contributed by atoms with van der Waals surface area (Å²) in [5, 5.41) is 4.06. The maximum Gasteiger partial charge on any atom is 0.271 e. The molecule has 0 aromatic heterocycles. The number of hydrogen-bond acceptors (Lipinski definition) is 4. The molecule has 2 aromatic carbocycles. The highest BCUT2D eigenvalue weighted by Gasteiger charge is 2.15. The molecule has 126 valence electrons. The maximum absolute atomic E-state index is 12.1. The van der Waals surface area contributed by atoms with Crippen LogP contribution in [0, 0.1) is 0 Å². The van der Waals surface area contributed by atoms with Crippen molar-refractivity contribution >= 4 is 17.7 Å². The number of benzene rings is 2. The maximum atomic E-state index is 12.1. The summed E-state index contributed by atoms with van der Waals surface area (Å²) in [6, 6.07) is 15.0. The van der Waals surface area contributed by atoms with Crippen molar-refractivity contribution in [2.45, 2.75) is 6.92 Å². The first-order valence-corrected chi connectivity index (χ1v) is 7.86. The van der Waals surface area contributed by atoms with Crippen molar-refractivity contribution in [3.05, 3.63) is 77.9 Å².